The molecule has 2 atom stereocenters. The zero-order valence-corrected chi connectivity index (χ0v) is 20.3. The number of imidazole rings is 1. The third kappa shape index (κ3) is 4.24. The molecule has 2 aromatic rings. The number of aromatic nitrogens is 2. The standard InChI is InChI=1S/C24H32N6O4/c1-6-29-15(3)25-17-9-16(7-8-18(17)29)20(32)28-27-19(31)12-30-21(33)24(26-22(30)34)11-14(2)10-23(4,5)13-24/h7-9,14H,6,10-13H2,1-5H3,(H,26,34)(H,27,31)(H,28,32)/t14-,24-/m0/s1. The number of hydrogen-bond donors (Lipinski definition) is 3. The van der Waals surface area contributed by atoms with Gasteiger partial charge in [-0.05, 0) is 62.6 Å². The second kappa shape index (κ2) is 8.41. The van der Waals surface area contributed by atoms with E-state index in [2.05, 4.69) is 41.9 Å². The zero-order valence-electron chi connectivity index (χ0n) is 20.3. The highest BCUT2D eigenvalue weighted by molar-refractivity contribution is 6.09. The van der Waals surface area contributed by atoms with Gasteiger partial charge in [-0.15, -0.1) is 0 Å². The Morgan fingerprint density at radius 2 is 1.94 bits per heavy atom. The van der Waals surface area contributed by atoms with Crippen molar-refractivity contribution in [1.82, 2.24) is 30.6 Å². The molecule has 1 aromatic heterocycles. The summed E-state index contributed by atoms with van der Waals surface area (Å²) in [6, 6.07) is 4.55. The Hall–Kier alpha value is -3.43. The average molecular weight is 469 g/mol. The molecule has 1 aliphatic carbocycles. The Kier molecular flexibility index (Phi) is 5.87. The van der Waals surface area contributed by atoms with Gasteiger partial charge in [-0.3, -0.25) is 30.1 Å². The fourth-order valence-corrected chi connectivity index (χ4v) is 5.82. The van der Waals surface area contributed by atoms with Crippen LogP contribution < -0.4 is 16.2 Å². The Morgan fingerprint density at radius 1 is 1.21 bits per heavy atom. The summed E-state index contributed by atoms with van der Waals surface area (Å²) in [6.07, 6.45) is 2.04. The molecule has 5 amide bonds. The average Bonchev–Trinajstić information content (AvgIpc) is 3.17. The first-order chi connectivity index (χ1) is 15.9. The number of hydrazine groups is 1. The van der Waals surface area contributed by atoms with E-state index in [1.807, 2.05) is 24.5 Å². The van der Waals surface area contributed by atoms with Crippen LogP contribution in [0.2, 0.25) is 0 Å². The van der Waals surface area contributed by atoms with Crippen LogP contribution in [0, 0.1) is 18.3 Å². The van der Waals surface area contributed by atoms with E-state index in [4.69, 9.17) is 0 Å². The second-order valence-corrected chi connectivity index (χ2v) is 10.4. The van der Waals surface area contributed by atoms with Gasteiger partial charge < -0.3 is 9.88 Å². The molecule has 1 spiro atoms. The van der Waals surface area contributed by atoms with E-state index in [1.165, 1.54) is 0 Å². The lowest BCUT2D eigenvalue weighted by atomic mass is 9.64. The molecule has 2 aliphatic rings. The number of nitrogens with one attached hydrogen (secondary N) is 3. The molecule has 4 rings (SSSR count). The number of nitrogens with zero attached hydrogens (tertiary/aromatic N) is 3. The molecule has 0 bridgehead atoms. The number of carbonyl (C=O) groups excluding carboxylic acids is 4. The molecule has 1 aromatic carbocycles. The van der Waals surface area contributed by atoms with Crippen LogP contribution in [-0.4, -0.2) is 50.3 Å². The molecule has 34 heavy (non-hydrogen) atoms. The van der Waals surface area contributed by atoms with Gasteiger partial charge in [-0.2, -0.15) is 0 Å². The van der Waals surface area contributed by atoms with Crippen molar-refractivity contribution in [2.24, 2.45) is 11.3 Å². The van der Waals surface area contributed by atoms with E-state index in [1.54, 1.807) is 12.1 Å². The lowest BCUT2D eigenvalue weighted by Crippen LogP contribution is -2.54. The van der Waals surface area contributed by atoms with Crippen LogP contribution in [0.3, 0.4) is 0 Å². The molecule has 2 fully saturated rings. The Labute approximate surface area is 198 Å². The molecular formula is C24H32N6O4. The normalized spacial score (nSPS) is 23.9. The van der Waals surface area contributed by atoms with Crippen molar-refractivity contribution < 1.29 is 19.2 Å². The molecule has 1 saturated carbocycles. The van der Waals surface area contributed by atoms with Crippen molar-refractivity contribution in [3.05, 3.63) is 29.6 Å². The minimum Gasteiger partial charge on any atom is -0.329 e. The Morgan fingerprint density at radius 3 is 2.62 bits per heavy atom. The summed E-state index contributed by atoms with van der Waals surface area (Å²) in [7, 11) is 0. The molecule has 0 unspecified atom stereocenters. The lowest BCUT2D eigenvalue weighted by molar-refractivity contribution is -0.137. The van der Waals surface area contributed by atoms with Crippen molar-refractivity contribution in [3.63, 3.8) is 0 Å². The molecule has 10 heteroatoms. The maximum Gasteiger partial charge on any atom is 0.325 e. The van der Waals surface area contributed by atoms with Crippen molar-refractivity contribution in [1.29, 1.82) is 0 Å². The summed E-state index contributed by atoms with van der Waals surface area (Å²) in [5.41, 5.74) is 5.53. The predicted molar refractivity (Wildman–Crippen MR) is 126 cm³/mol. The van der Waals surface area contributed by atoms with E-state index in [0.29, 0.717) is 23.9 Å². The number of carbonyl (C=O) groups is 4. The van der Waals surface area contributed by atoms with Gasteiger partial charge in [0.05, 0.1) is 11.0 Å². The maximum atomic E-state index is 13.2. The van der Waals surface area contributed by atoms with Crippen LogP contribution in [0.15, 0.2) is 18.2 Å². The maximum absolute atomic E-state index is 13.2. The molecule has 1 saturated heterocycles. The second-order valence-electron chi connectivity index (χ2n) is 10.4. The number of fused-ring (bicyclic) bond motifs is 1. The summed E-state index contributed by atoms with van der Waals surface area (Å²) < 4.78 is 2.04. The smallest absolute Gasteiger partial charge is 0.325 e. The van der Waals surface area contributed by atoms with Gasteiger partial charge in [0.2, 0.25) is 0 Å². The van der Waals surface area contributed by atoms with Crippen molar-refractivity contribution in [2.75, 3.05) is 6.54 Å². The SMILES string of the molecule is CCn1c(C)nc2cc(C(=O)NNC(=O)CN3C(=O)N[C@]4(C[C@@H](C)CC(C)(C)C4)C3=O)ccc21. The quantitative estimate of drug-likeness (QED) is 0.469. The van der Waals surface area contributed by atoms with Gasteiger partial charge in [0.15, 0.2) is 0 Å². The third-order valence-electron chi connectivity index (χ3n) is 6.76. The molecule has 182 valence electrons. The van der Waals surface area contributed by atoms with Crippen molar-refractivity contribution >= 4 is 34.8 Å². The molecular weight excluding hydrogens is 436 g/mol. The predicted octanol–water partition coefficient (Wildman–Crippen LogP) is 2.26. The monoisotopic (exact) mass is 468 g/mol. The minimum absolute atomic E-state index is 0.0978. The van der Waals surface area contributed by atoms with E-state index >= 15 is 0 Å². The molecule has 2 heterocycles. The van der Waals surface area contributed by atoms with Crippen LogP contribution in [0.5, 0.6) is 0 Å². The summed E-state index contributed by atoms with van der Waals surface area (Å²) in [4.78, 5) is 56.2. The number of aryl methyl sites for hydroxylation is 2. The van der Waals surface area contributed by atoms with Crippen LogP contribution in [0.4, 0.5) is 4.79 Å². The van der Waals surface area contributed by atoms with Crippen LogP contribution in [0.1, 0.15) is 63.1 Å². The van der Waals surface area contributed by atoms with E-state index in [-0.39, 0.29) is 17.2 Å². The van der Waals surface area contributed by atoms with Gasteiger partial charge in [0.1, 0.15) is 17.9 Å². The van der Waals surface area contributed by atoms with Gasteiger partial charge in [0, 0.05) is 12.1 Å². The highest BCUT2D eigenvalue weighted by Gasteiger charge is 2.56. The zero-order chi connectivity index (χ0) is 24.8. The lowest BCUT2D eigenvalue weighted by Gasteiger charge is -2.43. The van der Waals surface area contributed by atoms with Crippen LogP contribution in [-0.2, 0) is 16.1 Å². The number of rotatable bonds is 4. The van der Waals surface area contributed by atoms with Gasteiger partial charge in [0.25, 0.3) is 17.7 Å². The summed E-state index contributed by atoms with van der Waals surface area (Å²) >= 11 is 0. The first-order valence-corrected chi connectivity index (χ1v) is 11.6. The summed E-state index contributed by atoms with van der Waals surface area (Å²) in [6.45, 7) is 10.5. The number of urea groups is 1. The largest absolute Gasteiger partial charge is 0.329 e. The number of amides is 5. The summed E-state index contributed by atoms with van der Waals surface area (Å²) in [5, 5.41) is 2.84. The Bertz CT molecular complexity index is 1190. The first-order valence-electron chi connectivity index (χ1n) is 11.6. The number of benzene rings is 1. The number of hydrogen-bond acceptors (Lipinski definition) is 5. The van der Waals surface area contributed by atoms with Gasteiger partial charge >= 0.3 is 6.03 Å². The fourth-order valence-electron chi connectivity index (χ4n) is 5.82. The Balaban J connectivity index is 1.38. The molecule has 3 N–H and O–H groups in total. The number of imide groups is 1. The minimum atomic E-state index is -0.975. The van der Waals surface area contributed by atoms with E-state index in [9.17, 15) is 19.2 Å². The third-order valence-corrected chi connectivity index (χ3v) is 6.76. The van der Waals surface area contributed by atoms with Crippen LogP contribution >= 0.6 is 0 Å². The van der Waals surface area contributed by atoms with Crippen LogP contribution in [0.25, 0.3) is 11.0 Å². The van der Waals surface area contributed by atoms with Crippen molar-refractivity contribution in [3.8, 4) is 0 Å². The van der Waals surface area contributed by atoms with Gasteiger partial charge in [-0.1, -0.05) is 20.8 Å². The van der Waals surface area contributed by atoms with Gasteiger partial charge in [-0.25, -0.2) is 9.78 Å². The molecule has 0 radical (unpaired) electrons. The molecule has 10 nitrogen and oxygen atoms in total. The highest BCUT2D eigenvalue weighted by atomic mass is 16.2. The highest BCUT2D eigenvalue weighted by Crippen LogP contribution is 2.46. The molecule has 1 aliphatic heterocycles. The van der Waals surface area contributed by atoms with E-state index in [0.717, 1.165) is 29.2 Å². The fraction of sp³-hybridized carbons (Fsp3) is 0.542. The topological polar surface area (TPSA) is 125 Å². The first kappa shape index (κ1) is 23.7. The van der Waals surface area contributed by atoms with Crippen molar-refractivity contribution in [2.45, 2.75) is 66.0 Å². The van der Waals surface area contributed by atoms with E-state index < -0.39 is 29.9 Å². The summed E-state index contributed by atoms with van der Waals surface area (Å²) in [5.74, 6) is -0.443.